The van der Waals surface area contributed by atoms with E-state index >= 15 is 0 Å². The Kier molecular flexibility index (Phi) is 5.52. The molecule has 2 amide bonds. The van der Waals surface area contributed by atoms with Gasteiger partial charge in [-0.1, -0.05) is 35.9 Å². The number of hydrogen-bond donors (Lipinski definition) is 2. The van der Waals surface area contributed by atoms with Crippen LogP contribution in [-0.4, -0.2) is 21.4 Å². The van der Waals surface area contributed by atoms with Crippen LogP contribution in [0.15, 0.2) is 53.3 Å². The summed E-state index contributed by atoms with van der Waals surface area (Å²) in [7, 11) is 1.62. The van der Waals surface area contributed by atoms with Crippen LogP contribution in [0.5, 0.6) is 0 Å². The molecule has 2 aromatic carbocycles. The van der Waals surface area contributed by atoms with Crippen molar-refractivity contribution in [3.63, 3.8) is 0 Å². The number of carbonyl (C=O) groups excluding carboxylic acids is 2. The first-order valence-corrected chi connectivity index (χ1v) is 8.63. The molecule has 0 fully saturated rings. The summed E-state index contributed by atoms with van der Waals surface area (Å²) in [4.78, 5) is 40.8. The molecule has 0 saturated heterocycles. The maximum Gasteiger partial charge on any atom is 0.271 e. The molecule has 0 aliphatic heterocycles. The molecular formula is C19H17ClN4O3. The molecular weight excluding hydrogens is 368 g/mol. The summed E-state index contributed by atoms with van der Waals surface area (Å²) in [6.45, 7) is 0. The zero-order valence-electron chi connectivity index (χ0n) is 14.5. The zero-order valence-corrected chi connectivity index (χ0v) is 15.3. The Morgan fingerprint density at radius 2 is 1.78 bits per heavy atom. The number of halogens is 1. The van der Waals surface area contributed by atoms with Crippen molar-refractivity contribution < 1.29 is 9.59 Å². The van der Waals surface area contributed by atoms with Crippen molar-refractivity contribution in [2.75, 3.05) is 0 Å². The Morgan fingerprint density at radius 3 is 2.56 bits per heavy atom. The summed E-state index contributed by atoms with van der Waals surface area (Å²) in [6, 6.07) is 13.6. The van der Waals surface area contributed by atoms with Gasteiger partial charge in [0.05, 0.1) is 21.5 Å². The molecule has 0 radical (unpaired) electrons. The number of nitrogens with zero attached hydrogens (tertiary/aromatic N) is 2. The van der Waals surface area contributed by atoms with Gasteiger partial charge in [0.25, 0.3) is 11.5 Å². The molecule has 0 aliphatic rings. The Morgan fingerprint density at radius 1 is 1.07 bits per heavy atom. The second-order valence-electron chi connectivity index (χ2n) is 5.89. The van der Waals surface area contributed by atoms with Crippen molar-refractivity contribution in [1.29, 1.82) is 0 Å². The summed E-state index contributed by atoms with van der Waals surface area (Å²) >= 11 is 5.94. The molecule has 0 unspecified atom stereocenters. The van der Waals surface area contributed by atoms with Crippen LogP contribution in [-0.2, 0) is 18.3 Å². The molecule has 1 aromatic heterocycles. The van der Waals surface area contributed by atoms with Crippen LogP contribution in [0.1, 0.15) is 22.6 Å². The van der Waals surface area contributed by atoms with Gasteiger partial charge < -0.3 is 0 Å². The molecule has 27 heavy (non-hydrogen) atoms. The first kappa shape index (κ1) is 18.6. The fraction of sp³-hybridized carbons (Fsp3) is 0.158. The molecule has 8 heteroatoms. The second kappa shape index (κ2) is 8.01. The zero-order chi connectivity index (χ0) is 19.4. The molecule has 0 spiro atoms. The van der Waals surface area contributed by atoms with Gasteiger partial charge in [-0.15, -0.1) is 0 Å². The predicted molar refractivity (Wildman–Crippen MR) is 102 cm³/mol. The van der Waals surface area contributed by atoms with Gasteiger partial charge in [0.2, 0.25) is 5.91 Å². The van der Waals surface area contributed by atoms with Gasteiger partial charge in [-0.05, 0) is 24.3 Å². The minimum Gasteiger partial charge on any atom is -0.299 e. The Labute approximate surface area is 160 Å². The summed E-state index contributed by atoms with van der Waals surface area (Å²) < 4.78 is 1.43. The van der Waals surface area contributed by atoms with Crippen LogP contribution in [0, 0.1) is 0 Å². The van der Waals surface area contributed by atoms with Crippen molar-refractivity contribution in [2.45, 2.75) is 12.8 Å². The number of carbonyl (C=O) groups is 2. The lowest BCUT2D eigenvalue weighted by atomic mass is 10.2. The quantitative estimate of drug-likeness (QED) is 0.673. The summed E-state index contributed by atoms with van der Waals surface area (Å²) in [6.07, 6.45) is 0.311. The van der Waals surface area contributed by atoms with E-state index in [1.165, 1.54) is 4.57 Å². The van der Waals surface area contributed by atoms with Crippen LogP contribution < -0.4 is 16.4 Å². The molecule has 3 rings (SSSR count). The van der Waals surface area contributed by atoms with Gasteiger partial charge in [0, 0.05) is 19.9 Å². The number of rotatable bonds is 4. The molecule has 138 valence electrons. The average molecular weight is 385 g/mol. The van der Waals surface area contributed by atoms with Crippen molar-refractivity contribution in [2.24, 2.45) is 7.05 Å². The fourth-order valence-corrected chi connectivity index (χ4v) is 2.84. The smallest absolute Gasteiger partial charge is 0.271 e. The van der Waals surface area contributed by atoms with Gasteiger partial charge >= 0.3 is 0 Å². The Balaban J connectivity index is 1.62. The van der Waals surface area contributed by atoms with Crippen LogP contribution in [0.3, 0.4) is 0 Å². The van der Waals surface area contributed by atoms with Gasteiger partial charge in [0.15, 0.2) is 0 Å². The largest absolute Gasteiger partial charge is 0.299 e. The third-order valence-corrected chi connectivity index (χ3v) is 4.41. The van der Waals surface area contributed by atoms with Gasteiger partial charge in [-0.25, -0.2) is 4.98 Å². The average Bonchev–Trinajstić information content (AvgIpc) is 2.68. The SMILES string of the molecule is Cn1c(CCC(=O)NNC(=O)c2ccccc2Cl)nc2ccccc2c1=O. The first-order valence-electron chi connectivity index (χ1n) is 8.25. The van der Waals surface area contributed by atoms with E-state index in [2.05, 4.69) is 15.8 Å². The molecule has 0 bridgehead atoms. The third kappa shape index (κ3) is 4.15. The number of hydrogen-bond acceptors (Lipinski definition) is 4. The number of fused-ring (bicyclic) bond motifs is 1. The number of nitrogens with one attached hydrogen (secondary N) is 2. The van der Waals surface area contributed by atoms with Crippen LogP contribution in [0.25, 0.3) is 10.9 Å². The number of para-hydroxylation sites is 1. The minimum absolute atomic E-state index is 0.0570. The normalized spacial score (nSPS) is 10.6. The number of benzene rings is 2. The number of aryl methyl sites for hydroxylation is 1. The summed E-state index contributed by atoms with van der Waals surface area (Å²) in [5.41, 5.74) is 5.34. The highest BCUT2D eigenvalue weighted by molar-refractivity contribution is 6.33. The fourth-order valence-electron chi connectivity index (χ4n) is 2.61. The monoisotopic (exact) mass is 384 g/mol. The van der Waals surface area contributed by atoms with E-state index in [9.17, 15) is 14.4 Å². The lowest BCUT2D eigenvalue weighted by Gasteiger charge is -2.10. The van der Waals surface area contributed by atoms with Gasteiger partial charge in [-0.2, -0.15) is 0 Å². The van der Waals surface area contributed by atoms with Crippen molar-refractivity contribution in [1.82, 2.24) is 20.4 Å². The van der Waals surface area contributed by atoms with E-state index in [0.717, 1.165) is 0 Å². The number of aromatic nitrogens is 2. The molecule has 2 N–H and O–H groups in total. The van der Waals surface area contributed by atoms with Crippen molar-refractivity contribution in [3.05, 3.63) is 75.3 Å². The highest BCUT2D eigenvalue weighted by Gasteiger charge is 2.12. The molecule has 3 aromatic rings. The van der Waals surface area contributed by atoms with E-state index in [-0.39, 0.29) is 24.0 Å². The van der Waals surface area contributed by atoms with Crippen molar-refractivity contribution >= 4 is 34.3 Å². The Hall–Kier alpha value is -3.19. The third-order valence-electron chi connectivity index (χ3n) is 4.09. The van der Waals surface area contributed by atoms with Crippen LogP contribution in [0.4, 0.5) is 0 Å². The maximum absolute atomic E-state index is 12.4. The van der Waals surface area contributed by atoms with Gasteiger partial charge in [-0.3, -0.25) is 29.8 Å². The highest BCUT2D eigenvalue weighted by atomic mass is 35.5. The topological polar surface area (TPSA) is 93.1 Å². The van der Waals surface area contributed by atoms with Crippen LogP contribution >= 0.6 is 11.6 Å². The first-order chi connectivity index (χ1) is 13.0. The van der Waals surface area contributed by atoms with E-state index in [1.54, 1.807) is 55.6 Å². The van der Waals surface area contributed by atoms with E-state index in [0.29, 0.717) is 21.7 Å². The predicted octanol–water partition coefficient (Wildman–Crippen LogP) is 1.98. The van der Waals surface area contributed by atoms with Gasteiger partial charge in [0.1, 0.15) is 5.82 Å². The van der Waals surface area contributed by atoms with E-state index in [4.69, 9.17) is 11.6 Å². The standard InChI is InChI=1S/C19H17ClN4O3/c1-24-16(21-15-9-5-3-7-13(15)19(24)27)10-11-17(25)22-23-18(26)12-6-2-4-8-14(12)20/h2-9H,10-11H2,1H3,(H,22,25)(H,23,26). The molecule has 0 aliphatic carbocycles. The van der Waals surface area contributed by atoms with Crippen LogP contribution in [0.2, 0.25) is 5.02 Å². The minimum atomic E-state index is -0.509. The number of amides is 2. The second-order valence-corrected chi connectivity index (χ2v) is 6.30. The summed E-state index contributed by atoms with van der Waals surface area (Å²) in [5, 5.41) is 0.819. The lowest BCUT2D eigenvalue weighted by molar-refractivity contribution is -0.121. The van der Waals surface area contributed by atoms with E-state index < -0.39 is 11.8 Å². The number of hydrazine groups is 1. The maximum atomic E-state index is 12.4. The molecule has 0 atom stereocenters. The molecule has 7 nitrogen and oxygen atoms in total. The van der Waals surface area contributed by atoms with E-state index in [1.807, 2.05) is 0 Å². The summed E-state index contributed by atoms with van der Waals surface area (Å²) in [5.74, 6) is -0.422. The Bertz CT molecular complexity index is 1080. The highest BCUT2D eigenvalue weighted by Crippen LogP contribution is 2.14. The molecule has 0 saturated carbocycles. The molecule has 1 heterocycles. The van der Waals surface area contributed by atoms with Crippen molar-refractivity contribution in [3.8, 4) is 0 Å². The lowest BCUT2D eigenvalue weighted by Crippen LogP contribution is -2.42.